The molecule has 0 aromatic heterocycles. The summed E-state index contributed by atoms with van der Waals surface area (Å²) in [6.07, 6.45) is -1.04. The zero-order chi connectivity index (χ0) is 22.1. The van der Waals surface area contributed by atoms with Crippen molar-refractivity contribution in [3.63, 3.8) is 0 Å². The van der Waals surface area contributed by atoms with Crippen LogP contribution in [0.3, 0.4) is 0 Å². The van der Waals surface area contributed by atoms with Gasteiger partial charge in [-0.2, -0.15) is 0 Å². The highest BCUT2D eigenvalue weighted by molar-refractivity contribution is 6.24. The number of benzene rings is 1. The molecule has 9 nitrogen and oxygen atoms in total. The standard InChI is InChI=1S/C21H24N2O7/c1-23(2)11-4-3-8-5-9-6-10-7-12(24)15(20(22)29)19(28)21(10,30)18(27)14(9)17(26)13(8)16(11)25/h3-4,9-10,12,15,24-26,30H,5-7H2,1-2H3,(H2,22,29)/t9-,10-,12?,15?,21-/m0/s1. The number of aromatic hydroxyl groups is 1. The van der Waals surface area contributed by atoms with Crippen LogP contribution in [-0.4, -0.2) is 63.7 Å². The van der Waals surface area contributed by atoms with E-state index in [4.69, 9.17) is 5.73 Å². The Labute approximate surface area is 172 Å². The highest BCUT2D eigenvalue weighted by atomic mass is 16.3. The lowest BCUT2D eigenvalue weighted by molar-refractivity contribution is -0.174. The van der Waals surface area contributed by atoms with Gasteiger partial charge in [0.2, 0.25) is 11.7 Å². The van der Waals surface area contributed by atoms with Crippen molar-refractivity contribution in [2.24, 2.45) is 23.5 Å². The number of phenols is 1. The van der Waals surface area contributed by atoms with Gasteiger partial charge in [0.05, 0.1) is 17.4 Å². The van der Waals surface area contributed by atoms with Gasteiger partial charge >= 0.3 is 0 Å². The third-order valence-corrected chi connectivity index (χ3v) is 6.72. The molecule has 30 heavy (non-hydrogen) atoms. The first-order valence-corrected chi connectivity index (χ1v) is 9.74. The average Bonchev–Trinajstić information content (AvgIpc) is 2.64. The van der Waals surface area contributed by atoms with Crippen LogP contribution in [0.15, 0.2) is 17.7 Å². The Morgan fingerprint density at radius 1 is 1.20 bits per heavy atom. The second kappa shape index (κ2) is 6.55. The number of hydrogen-bond acceptors (Lipinski definition) is 8. The van der Waals surface area contributed by atoms with E-state index in [1.54, 1.807) is 31.1 Å². The number of nitrogens with two attached hydrogens (primary N) is 1. The molecule has 9 heteroatoms. The predicted molar refractivity (Wildman–Crippen MR) is 106 cm³/mol. The summed E-state index contributed by atoms with van der Waals surface area (Å²) in [5.74, 6) is -7.03. The normalized spacial score (nSPS) is 32.9. The summed E-state index contributed by atoms with van der Waals surface area (Å²) in [4.78, 5) is 39.5. The number of aliphatic hydroxyl groups is 3. The number of amides is 1. The molecule has 0 bridgehead atoms. The topological polar surface area (TPSA) is 161 Å². The second-order valence-corrected chi connectivity index (χ2v) is 8.60. The van der Waals surface area contributed by atoms with Gasteiger partial charge in [0, 0.05) is 25.6 Å². The highest BCUT2D eigenvalue weighted by Gasteiger charge is 2.63. The Kier molecular flexibility index (Phi) is 4.44. The van der Waals surface area contributed by atoms with Gasteiger partial charge in [0.1, 0.15) is 17.4 Å². The molecule has 1 aromatic rings. The molecule has 4 rings (SSSR count). The third kappa shape index (κ3) is 2.51. The molecule has 0 radical (unpaired) electrons. The van der Waals surface area contributed by atoms with E-state index in [-0.39, 0.29) is 29.7 Å². The smallest absolute Gasteiger partial charge is 0.230 e. The Balaban J connectivity index is 1.87. The zero-order valence-electron chi connectivity index (χ0n) is 16.6. The number of hydrogen-bond donors (Lipinski definition) is 5. The largest absolute Gasteiger partial charge is 0.507 e. The SMILES string of the molecule is CN(C)c1ccc2c(c1O)C(O)=C1C(=O)[C@]3(O)C(=O)C(C(N)=O)C(O)C[C@@H]3C[C@@H]1C2. The maximum absolute atomic E-state index is 13.3. The van der Waals surface area contributed by atoms with Gasteiger partial charge < -0.3 is 31.1 Å². The number of carbonyl (C=O) groups excluding carboxylic acids is 3. The summed E-state index contributed by atoms with van der Waals surface area (Å²) in [5, 5.41) is 43.0. The first kappa shape index (κ1) is 20.4. The number of carbonyl (C=O) groups is 3. The molecule has 3 aliphatic carbocycles. The average molecular weight is 416 g/mol. The third-order valence-electron chi connectivity index (χ3n) is 6.72. The van der Waals surface area contributed by atoms with Gasteiger partial charge in [-0.25, -0.2) is 0 Å². The molecule has 0 aliphatic heterocycles. The van der Waals surface area contributed by atoms with E-state index in [0.717, 1.165) is 0 Å². The molecule has 1 amide bonds. The molecule has 1 aromatic carbocycles. The van der Waals surface area contributed by atoms with E-state index in [1.165, 1.54) is 0 Å². The molecule has 2 saturated carbocycles. The number of Topliss-reactive ketones (excluding diaryl/α,β-unsaturated/α-hetero) is 2. The first-order valence-electron chi connectivity index (χ1n) is 9.74. The minimum absolute atomic E-state index is 0.0950. The van der Waals surface area contributed by atoms with Crippen LogP contribution < -0.4 is 10.6 Å². The van der Waals surface area contributed by atoms with Crippen LogP contribution in [0.25, 0.3) is 5.76 Å². The molecule has 5 atom stereocenters. The van der Waals surface area contributed by atoms with Crippen LogP contribution in [0.2, 0.25) is 0 Å². The van der Waals surface area contributed by atoms with Crippen molar-refractivity contribution in [2.45, 2.75) is 31.0 Å². The van der Waals surface area contributed by atoms with E-state index in [0.29, 0.717) is 17.7 Å². The van der Waals surface area contributed by atoms with Crippen molar-refractivity contribution < 1.29 is 34.8 Å². The summed E-state index contributed by atoms with van der Waals surface area (Å²) in [6, 6.07) is 3.46. The fourth-order valence-electron chi connectivity index (χ4n) is 5.25. The van der Waals surface area contributed by atoms with Crippen LogP contribution in [0.5, 0.6) is 5.75 Å². The van der Waals surface area contributed by atoms with Gasteiger partial charge in [-0.05, 0) is 36.8 Å². The Hall–Kier alpha value is -2.91. The summed E-state index contributed by atoms with van der Waals surface area (Å²) < 4.78 is 0. The van der Waals surface area contributed by atoms with Crippen molar-refractivity contribution in [2.75, 3.05) is 19.0 Å². The van der Waals surface area contributed by atoms with Crippen molar-refractivity contribution in [1.29, 1.82) is 0 Å². The molecule has 160 valence electrons. The minimum Gasteiger partial charge on any atom is -0.507 e. The Morgan fingerprint density at radius 3 is 2.47 bits per heavy atom. The molecule has 2 fully saturated rings. The number of anilines is 1. The predicted octanol–water partition coefficient (Wildman–Crippen LogP) is -0.345. The van der Waals surface area contributed by atoms with E-state index in [9.17, 15) is 34.8 Å². The molecule has 6 N–H and O–H groups in total. The quantitative estimate of drug-likeness (QED) is 0.409. The fourth-order valence-corrected chi connectivity index (χ4v) is 5.25. The van der Waals surface area contributed by atoms with Crippen LogP contribution in [0, 0.1) is 17.8 Å². The maximum Gasteiger partial charge on any atom is 0.230 e. The summed E-state index contributed by atoms with van der Waals surface area (Å²) in [7, 11) is 3.43. The highest BCUT2D eigenvalue weighted by Crippen LogP contribution is 2.52. The van der Waals surface area contributed by atoms with E-state index in [2.05, 4.69) is 0 Å². The van der Waals surface area contributed by atoms with Crippen LogP contribution in [-0.2, 0) is 20.8 Å². The van der Waals surface area contributed by atoms with E-state index in [1.807, 2.05) is 0 Å². The van der Waals surface area contributed by atoms with Crippen molar-refractivity contribution in [3.8, 4) is 5.75 Å². The number of aliphatic hydroxyl groups excluding tert-OH is 2. The minimum atomic E-state index is -2.55. The number of nitrogens with zero attached hydrogens (tertiary/aromatic N) is 1. The van der Waals surface area contributed by atoms with E-state index >= 15 is 0 Å². The molecule has 0 spiro atoms. The molecular weight excluding hydrogens is 392 g/mol. The molecular formula is C21H24N2O7. The molecule has 0 heterocycles. The van der Waals surface area contributed by atoms with Gasteiger partial charge in [0.15, 0.2) is 11.4 Å². The Bertz CT molecular complexity index is 1010. The lowest BCUT2D eigenvalue weighted by Gasteiger charge is -2.48. The monoisotopic (exact) mass is 416 g/mol. The van der Waals surface area contributed by atoms with Crippen LogP contribution in [0.1, 0.15) is 24.0 Å². The number of fused-ring (bicyclic) bond motifs is 3. The molecule has 3 aliphatic rings. The lowest BCUT2D eigenvalue weighted by Crippen LogP contribution is -2.66. The summed E-state index contributed by atoms with van der Waals surface area (Å²) >= 11 is 0. The summed E-state index contributed by atoms with van der Waals surface area (Å²) in [5.41, 5.74) is 3.70. The number of ketones is 2. The Morgan fingerprint density at radius 2 is 1.87 bits per heavy atom. The van der Waals surface area contributed by atoms with Gasteiger partial charge in [-0.1, -0.05) is 6.07 Å². The van der Waals surface area contributed by atoms with Gasteiger partial charge in [0.25, 0.3) is 0 Å². The van der Waals surface area contributed by atoms with Crippen LogP contribution in [0.4, 0.5) is 5.69 Å². The van der Waals surface area contributed by atoms with Crippen molar-refractivity contribution in [1.82, 2.24) is 0 Å². The molecule has 0 saturated heterocycles. The van der Waals surface area contributed by atoms with Gasteiger partial charge in [-0.3, -0.25) is 14.4 Å². The van der Waals surface area contributed by atoms with Crippen LogP contribution >= 0.6 is 0 Å². The number of primary amides is 1. The number of rotatable bonds is 2. The van der Waals surface area contributed by atoms with E-state index < -0.39 is 52.7 Å². The first-order chi connectivity index (χ1) is 14.0. The van der Waals surface area contributed by atoms with Crippen molar-refractivity contribution >= 4 is 28.9 Å². The van der Waals surface area contributed by atoms with Gasteiger partial charge in [-0.15, -0.1) is 0 Å². The lowest BCUT2D eigenvalue weighted by atomic mass is 9.56. The molecule has 2 unspecified atom stereocenters. The number of phenolic OH excluding ortho intramolecular Hbond substituents is 1. The fraction of sp³-hybridized carbons (Fsp3) is 0.476. The second-order valence-electron chi connectivity index (χ2n) is 8.60. The maximum atomic E-state index is 13.3. The van der Waals surface area contributed by atoms with Crippen molar-refractivity contribution in [3.05, 3.63) is 28.8 Å². The summed E-state index contributed by atoms with van der Waals surface area (Å²) in [6.45, 7) is 0. The zero-order valence-corrected chi connectivity index (χ0v) is 16.6.